The number of carbonyl (C=O) groups excluding carboxylic acids is 1. The highest BCUT2D eigenvalue weighted by molar-refractivity contribution is 9.10. The molecule has 3 nitrogen and oxygen atoms in total. The molecule has 5 heteroatoms. The molecule has 1 aromatic rings. The molecule has 1 rings (SSSR count). The van der Waals surface area contributed by atoms with E-state index in [1.165, 1.54) is 19.1 Å². The Balaban J connectivity index is 3.19. The van der Waals surface area contributed by atoms with Gasteiger partial charge in [-0.05, 0) is 30.7 Å². The van der Waals surface area contributed by atoms with Crippen molar-refractivity contribution in [2.75, 3.05) is 0 Å². The molecule has 0 spiro atoms. The van der Waals surface area contributed by atoms with Crippen molar-refractivity contribution in [3.63, 3.8) is 0 Å². The third kappa shape index (κ3) is 2.41. The van der Waals surface area contributed by atoms with E-state index in [0.717, 1.165) is 0 Å². The van der Waals surface area contributed by atoms with Crippen molar-refractivity contribution in [3.05, 3.63) is 34.1 Å². The first kappa shape index (κ1) is 13.1. The number of halogens is 2. The van der Waals surface area contributed by atoms with Crippen molar-refractivity contribution in [1.29, 1.82) is 0 Å². The fourth-order valence-corrected chi connectivity index (χ4v) is 1.74. The largest absolute Gasteiger partial charge is 0.380 e. The first-order valence-electron chi connectivity index (χ1n) is 4.74. The van der Waals surface area contributed by atoms with Gasteiger partial charge in [0.05, 0.1) is 0 Å². The second kappa shape index (κ2) is 4.51. The standard InChI is InChI=1S/C11H13BrFNO2/c1-6(11(2,16)10(14)15)8-5-7(12)3-4-9(8)13/h3-6,16H,1-2H3,(H2,14,15)/t6?,11-/m1/s1. The lowest BCUT2D eigenvalue weighted by Gasteiger charge is -2.27. The number of amides is 1. The third-order valence-corrected chi connectivity index (χ3v) is 3.26. The molecule has 0 aliphatic heterocycles. The molecule has 0 bridgehead atoms. The molecule has 2 atom stereocenters. The summed E-state index contributed by atoms with van der Waals surface area (Å²) in [5.74, 6) is -2.07. The van der Waals surface area contributed by atoms with Gasteiger partial charge >= 0.3 is 0 Å². The van der Waals surface area contributed by atoms with Gasteiger partial charge in [-0.2, -0.15) is 0 Å². The molecule has 1 aromatic carbocycles. The minimum Gasteiger partial charge on any atom is -0.380 e. The Morgan fingerprint density at radius 1 is 1.62 bits per heavy atom. The number of rotatable bonds is 3. The van der Waals surface area contributed by atoms with Crippen molar-refractivity contribution in [2.45, 2.75) is 25.4 Å². The molecule has 0 radical (unpaired) electrons. The Bertz CT molecular complexity index is 420. The second-order valence-electron chi connectivity index (χ2n) is 3.90. The predicted molar refractivity (Wildman–Crippen MR) is 62.3 cm³/mol. The fourth-order valence-electron chi connectivity index (χ4n) is 1.36. The number of nitrogens with two attached hydrogens (primary N) is 1. The van der Waals surface area contributed by atoms with Crippen LogP contribution in [0.25, 0.3) is 0 Å². The van der Waals surface area contributed by atoms with Crippen LogP contribution in [0.2, 0.25) is 0 Å². The van der Waals surface area contributed by atoms with E-state index in [1.54, 1.807) is 13.0 Å². The average molecular weight is 290 g/mol. The number of carbonyl (C=O) groups is 1. The smallest absolute Gasteiger partial charge is 0.249 e. The van der Waals surface area contributed by atoms with Crippen LogP contribution in [0, 0.1) is 5.82 Å². The molecule has 88 valence electrons. The Morgan fingerprint density at radius 2 is 2.19 bits per heavy atom. The van der Waals surface area contributed by atoms with Gasteiger partial charge < -0.3 is 10.8 Å². The van der Waals surface area contributed by atoms with Crippen molar-refractivity contribution in [3.8, 4) is 0 Å². The highest BCUT2D eigenvalue weighted by atomic mass is 79.9. The number of aliphatic hydroxyl groups is 1. The molecular formula is C11H13BrFNO2. The van der Waals surface area contributed by atoms with Crippen LogP contribution in [0.3, 0.4) is 0 Å². The molecule has 0 aliphatic carbocycles. The van der Waals surface area contributed by atoms with Gasteiger partial charge in [-0.3, -0.25) is 4.79 Å². The summed E-state index contributed by atoms with van der Waals surface area (Å²) in [6, 6.07) is 4.34. The second-order valence-corrected chi connectivity index (χ2v) is 4.81. The monoisotopic (exact) mass is 289 g/mol. The van der Waals surface area contributed by atoms with E-state index in [4.69, 9.17) is 5.73 Å². The highest BCUT2D eigenvalue weighted by Gasteiger charge is 2.36. The molecule has 1 unspecified atom stereocenters. The van der Waals surface area contributed by atoms with Crippen molar-refractivity contribution in [1.82, 2.24) is 0 Å². The first-order chi connectivity index (χ1) is 7.26. The van der Waals surface area contributed by atoms with E-state index in [-0.39, 0.29) is 5.56 Å². The minimum atomic E-state index is -1.78. The molecule has 0 aliphatic rings. The summed E-state index contributed by atoms with van der Waals surface area (Å²) < 4.78 is 14.2. The van der Waals surface area contributed by atoms with Gasteiger partial charge in [0.1, 0.15) is 11.4 Å². The molecular weight excluding hydrogens is 277 g/mol. The Hall–Kier alpha value is -0.940. The number of primary amides is 1. The fraction of sp³-hybridized carbons (Fsp3) is 0.364. The van der Waals surface area contributed by atoms with Crippen LogP contribution in [0.5, 0.6) is 0 Å². The van der Waals surface area contributed by atoms with Gasteiger partial charge in [0.2, 0.25) is 5.91 Å². The summed E-state index contributed by atoms with van der Waals surface area (Å²) in [6.07, 6.45) is 0. The van der Waals surface area contributed by atoms with E-state index in [1.807, 2.05) is 0 Å². The molecule has 0 heterocycles. The molecule has 16 heavy (non-hydrogen) atoms. The van der Waals surface area contributed by atoms with Gasteiger partial charge in [-0.15, -0.1) is 0 Å². The van der Waals surface area contributed by atoms with Gasteiger partial charge in [-0.25, -0.2) is 4.39 Å². The van der Waals surface area contributed by atoms with Gasteiger partial charge in [0.25, 0.3) is 0 Å². The SMILES string of the molecule is CC(c1cc(Br)ccc1F)[C@@](C)(O)C(N)=O. The molecule has 1 amide bonds. The summed E-state index contributed by atoms with van der Waals surface area (Å²) in [5.41, 5.74) is 3.55. The zero-order valence-corrected chi connectivity index (χ0v) is 10.6. The molecule has 0 aromatic heterocycles. The zero-order valence-electron chi connectivity index (χ0n) is 9.00. The molecule has 3 N–H and O–H groups in total. The molecule has 0 saturated heterocycles. The van der Waals surface area contributed by atoms with Crippen LogP contribution in [0.4, 0.5) is 4.39 Å². The average Bonchev–Trinajstić information content (AvgIpc) is 2.20. The van der Waals surface area contributed by atoms with Crippen LogP contribution in [0.1, 0.15) is 25.3 Å². The summed E-state index contributed by atoms with van der Waals surface area (Å²) in [6.45, 7) is 2.83. The Kier molecular flexibility index (Phi) is 3.70. The molecule has 0 fully saturated rings. The van der Waals surface area contributed by atoms with Crippen LogP contribution in [-0.2, 0) is 4.79 Å². The van der Waals surface area contributed by atoms with Crippen LogP contribution in [-0.4, -0.2) is 16.6 Å². The highest BCUT2D eigenvalue weighted by Crippen LogP contribution is 2.31. The lowest BCUT2D eigenvalue weighted by Crippen LogP contribution is -2.45. The normalized spacial score (nSPS) is 16.6. The van der Waals surface area contributed by atoms with Crippen LogP contribution < -0.4 is 5.73 Å². The lowest BCUT2D eigenvalue weighted by molar-refractivity contribution is -0.136. The van der Waals surface area contributed by atoms with Crippen LogP contribution >= 0.6 is 15.9 Å². The van der Waals surface area contributed by atoms with Gasteiger partial charge in [0, 0.05) is 10.4 Å². The van der Waals surface area contributed by atoms with Crippen molar-refractivity contribution < 1.29 is 14.3 Å². The van der Waals surface area contributed by atoms with E-state index in [9.17, 15) is 14.3 Å². The van der Waals surface area contributed by atoms with Crippen molar-refractivity contribution >= 4 is 21.8 Å². The van der Waals surface area contributed by atoms with E-state index >= 15 is 0 Å². The first-order valence-corrected chi connectivity index (χ1v) is 5.53. The Labute approximate surface area is 102 Å². The van der Waals surface area contributed by atoms with Gasteiger partial charge in [0.15, 0.2) is 0 Å². The maximum atomic E-state index is 13.5. The number of hydrogen-bond acceptors (Lipinski definition) is 2. The van der Waals surface area contributed by atoms with E-state index in [2.05, 4.69) is 15.9 Å². The summed E-state index contributed by atoms with van der Waals surface area (Å²) in [5, 5.41) is 9.87. The topological polar surface area (TPSA) is 63.3 Å². The van der Waals surface area contributed by atoms with Crippen molar-refractivity contribution in [2.24, 2.45) is 5.73 Å². The Morgan fingerprint density at radius 3 is 2.69 bits per heavy atom. The maximum Gasteiger partial charge on any atom is 0.249 e. The quantitative estimate of drug-likeness (QED) is 0.893. The maximum absolute atomic E-state index is 13.5. The number of hydrogen-bond donors (Lipinski definition) is 2. The summed E-state index contributed by atoms with van der Waals surface area (Å²) in [4.78, 5) is 11.1. The third-order valence-electron chi connectivity index (χ3n) is 2.77. The van der Waals surface area contributed by atoms with Crippen LogP contribution in [0.15, 0.2) is 22.7 Å². The predicted octanol–water partition coefficient (Wildman–Crippen LogP) is 1.93. The lowest BCUT2D eigenvalue weighted by atomic mass is 9.84. The van der Waals surface area contributed by atoms with E-state index in [0.29, 0.717) is 4.47 Å². The number of benzene rings is 1. The van der Waals surface area contributed by atoms with E-state index < -0.39 is 23.2 Å². The minimum absolute atomic E-state index is 0.248. The summed E-state index contributed by atoms with van der Waals surface area (Å²) >= 11 is 3.20. The van der Waals surface area contributed by atoms with Gasteiger partial charge in [-0.1, -0.05) is 22.9 Å². The molecule has 0 saturated carbocycles. The zero-order chi connectivity index (χ0) is 12.5. The summed E-state index contributed by atoms with van der Waals surface area (Å²) in [7, 11) is 0.